The highest BCUT2D eigenvalue weighted by atomic mass is 19.4. The summed E-state index contributed by atoms with van der Waals surface area (Å²) in [6.45, 7) is 13.2. The van der Waals surface area contributed by atoms with Crippen molar-refractivity contribution in [2.75, 3.05) is 42.9 Å². The Kier molecular flexibility index (Phi) is 9.82. The summed E-state index contributed by atoms with van der Waals surface area (Å²) in [6, 6.07) is 11.8. The van der Waals surface area contributed by atoms with E-state index in [0.29, 0.717) is 42.3 Å². The van der Waals surface area contributed by atoms with Crippen LogP contribution in [-0.4, -0.2) is 76.1 Å². The smallest absolute Gasteiger partial charge is 0.416 e. The van der Waals surface area contributed by atoms with E-state index < -0.39 is 35.4 Å². The Labute approximate surface area is 289 Å². The molecular weight excluding hydrogens is 649 g/mol. The fourth-order valence-corrected chi connectivity index (χ4v) is 6.55. The number of rotatable bonds is 7. The number of aryl methyl sites for hydroxylation is 2. The second kappa shape index (κ2) is 13.9. The van der Waals surface area contributed by atoms with E-state index in [1.807, 2.05) is 24.0 Å². The number of carbonyl (C=O) groups is 2. The molecule has 2 aromatic heterocycles. The van der Waals surface area contributed by atoms with Gasteiger partial charge in [-0.3, -0.25) is 14.6 Å². The molecule has 4 heterocycles. The van der Waals surface area contributed by atoms with Gasteiger partial charge in [-0.2, -0.15) is 13.2 Å². The number of anilines is 2. The number of likely N-dealkylation sites (N-methyl/N-ethyl adjacent to an activating group) is 1. The largest absolute Gasteiger partial charge is 0.456 e. The van der Waals surface area contributed by atoms with Crippen LogP contribution in [0, 0.1) is 6.92 Å². The summed E-state index contributed by atoms with van der Waals surface area (Å²) in [7, 11) is 0. The number of carbonyl (C=O) groups excluding carboxylic acids is 2. The topological polar surface area (TPSA) is 103 Å². The Morgan fingerprint density at radius 1 is 1.00 bits per heavy atom. The number of fused-ring (bicyclic) bond motifs is 2. The fourth-order valence-electron chi connectivity index (χ4n) is 6.55. The molecule has 10 nitrogen and oxygen atoms in total. The van der Waals surface area contributed by atoms with Gasteiger partial charge in [-0.25, -0.2) is 9.78 Å². The zero-order valence-electron chi connectivity index (χ0n) is 29.0. The third-order valence-corrected chi connectivity index (χ3v) is 9.05. The van der Waals surface area contributed by atoms with Crippen LogP contribution in [0.15, 0.2) is 54.7 Å². The highest BCUT2D eigenvalue weighted by Crippen LogP contribution is 2.39. The first kappa shape index (κ1) is 35.2. The molecule has 6 rings (SSSR count). The third-order valence-electron chi connectivity index (χ3n) is 9.05. The molecule has 1 saturated heterocycles. The lowest BCUT2D eigenvalue weighted by molar-refractivity contribution is -0.138. The predicted molar refractivity (Wildman–Crippen MR) is 186 cm³/mol. The molecule has 1 fully saturated rings. The van der Waals surface area contributed by atoms with Crippen LogP contribution >= 0.6 is 0 Å². The molecule has 0 saturated carbocycles. The average molecular weight is 693 g/mol. The van der Waals surface area contributed by atoms with E-state index in [2.05, 4.69) is 27.1 Å². The lowest BCUT2D eigenvalue weighted by Gasteiger charge is -2.37. The number of piperazine rings is 1. The number of halogens is 3. The second-order valence-electron chi connectivity index (χ2n) is 13.9. The molecule has 50 heavy (non-hydrogen) atoms. The highest BCUT2D eigenvalue weighted by Gasteiger charge is 2.39. The van der Waals surface area contributed by atoms with Crippen LogP contribution in [-0.2, 0) is 28.7 Å². The number of aromatic nitrogens is 2. The summed E-state index contributed by atoms with van der Waals surface area (Å²) in [6.07, 6.45) is -3.06. The number of aromatic amines is 1. The van der Waals surface area contributed by atoms with Gasteiger partial charge in [0.25, 0.3) is 0 Å². The first-order chi connectivity index (χ1) is 23.7. The van der Waals surface area contributed by atoms with Crippen molar-refractivity contribution in [3.05, 3.63) is 77.1 Å². The van der Waals surface area contributed by atoms with Crippen molar-refractivity contribution in [3.63, 3.8) is 0 Å². The zero-order chi connectivity index (χ0) is 35.8. The maximum atomic E-state index is 14.3. The maximum Gasteiger partial charge on any atom is 0.416 e. The molecule has 1 atom stereocenters. The Bertz CT molecular complexity index is 1880. The number of nitrogens with zero attached hydrogens (tertiary/aromatic N) is 4. The molecule has 0 bridgehead atoms. The quantitative estimate of drug-likeness (QED) is 0.207. The van der Waals surface area contributed by atoms with Gasteiger partial charge in [0.15, 0.2) is 0 Å². The molecule has 0 spiro atoms. The van der Waals surface area contributed by atoms with Crippen molar-refractivity contribution in [1.82, 2.24) is 19.8 Å². The Morgan fingerprint density at radius 2 is 1.74 bits per heavy atom. The van der Waals surface area contributed by atoms with E-state index in [4.69, 9.17) is 9.47 Å². The molecule has 2 aromatic carbocycles. The number of hydrogen-bond donors (Lipinski definition) is 2. The Balaban J connectivity index is 1.27. The molecule has 2 aliphatic rings. The van der Waals surface area contributed by atoms with Crippen molar-refractivity contribution in [2.24, 2.45) is 0 Å². The summed E-state index contributed by atoms with van der Waals surface area (Å²) in [5.41, 5.74) is 1.29. The molecule has 0 aliphatic carbocycles. The van der Waals surface area contributed by atoms with E-state index >= 15 is 0 Å². The maximum absolute atomic E-state index is 14.3. The van der Waals surface area contributed by atoms with Crippen LogP contribution < -0.4 is 15.0 Å². The van der Waals surface area contributed by atoms with Gasteiger partial charge < -0.3 is 24.7 Å². The molecule has 2 aliphatic heterocycles. The lowest BCUT2D eigenvalue weighted by atomic mass is 9.95. The minimum atomic E-state index is -4.62. The van der Waals surface area contributed by atoms with Gasteiger partial charge in [-0.1, -0.05) is 19.1 Å². The molecule has 2 N–H and O–H groups in total. The van der Waals surface area contributed by atoms with E-state index in [-0.39, 0.29) is 24.2 Å². The lowest BCUT2D eigenvalue weighted by Crippen LogP contribution is -2.51. The third kappa shape index (κ3) is 7.89. The van der Waals surface area contributed by atoms with Gasteiger partial charge in [-0.15, -0.1) is 0 Å². The number of hydrogen-bond acceptors (Lipinski definition) is 7. The van der Waals surface area contributed by atoms with Crippen LogP contribution in [0.25, 0.3) is 11.0 Å². The van der Waals surface area contributed by atoms with Gasteiger partial charge in [0.05, 0.1) is 16.6 Å². The Hall–Kier alpha value is -4.62. The normalized spacial score (nSPS) is 17.4. The highest BCUT2D eigenvalue weighted by molar-refractivity contribution is 6.04. The van der Waals surface area contributed by atoms with Gasteiger partial charge in [0.2, 0.25) is 5.91 Å². The SMILES string of the molecule is CCN1CCN(Cc2ccc(NC(=O)C3CCc4ccc(Oc5ccnc6[nH]c(C)cc56)cc4N3C(=O)OC(C)(C)C)cc2C(F)(F)F)CC1. The monoisotopic (exact) mass is 692 g/mol. The van der Waals surface area contributed by atoms with Crippen molar-refractivity contribution in [2.45, 2.75) is 71.8 Å². The van der Waals surface area contributed by atoms with Gasteiger partial charge in [0, 0.05) is 56.4 Å². The number of ether oxygens (including phenoxy) is 2. The number of alkyl halides is 3. The summed E-state index contributed by atoms with van der Waals surface area (Å²) in [5, 5.41) is 3.46. The van der Waals surface area contributed by atoms with Crippen LogP contribution in [0.3, 0.4) is 0 Å². The first-order valence-corrected chi connectivity index (χ1v) is 16.9. The van der Waals surface area contributed by atoms with Gasteiger partial charge in [0.1, 0.15) is 28.8 Å². The predicted octanol–water partition coefficient (Wildman–Crippen LogP) is 7.51. The van der Waals surface area contributed by atoms with Crippen LogP contribution in [0.1, 0.15) is 56.5 Å². The van der Waals surface area contributed by atoms with Crippen molar-refractivity contribution < 1.29 is 32.2 Å². The molecule has 266 valence electrons. The standard InChI is InChI=1S/C37H43F3N6O4/c1-6-44-15-17-45(18-16-44)22-25-7-10-26(20-29(25)37(38,39)40)43-34(47)30-12-9-24-8-11-27(21-31(24)46(30)35(48)50-36(3,4)5)49-32-13-14-41-33-28(32)19-23(2)42-33/h7-8,10-11,13-14,19-21,30H,6,9,12,15-18,22H2,1-5H3,(H,41,42)(H,43,47). The molecule has 1 unspecified atom stereocenters. The fraction of sp³-hybridized carbons (Fsp3) is 0.432. The minimum Gasteiger partial charge on any atom is -0.456 e. The van der Waals surface area contributed by atoms with Crippen LogP contribution in [0.4, 0.5) is 29.3 Å². The van der Waals surface area contributed by atoms with E-state index in [9.17, 15) is 22.8 Å². The molecular formula is C37H43F3N6O4. The molecule has 2 amide bonds. The summed E-state index contributed by atoms with van der Waals surface area (Å²) >= 11 is 0. The average Bonchev–Trinajstić information content (AvgIpc) is 3.45. The molecule has 0 radical (unpaired) electrons. The number of H-pyrrole nitrogens is 1. The van der Waals surface area contributed by atoms with Crippen LogP contribution in [0.2, 0.25) is 0 Å². The van der Waals surface area contributed by atoms with Gasteiger partial charge in [-0.05, 0) is 88.5 Å². The number of benzene rings is 2. The first-order valence-electron chi connectivity index (χ1n) is 16.9. The van der Waals surface area contributed by atoms with E-state index in [0.717, 1.165) is 42.3 Å². The van der Waals surface area contributed by atoms with Crippen molar-refractivity contribution >= 4 is 34.4 Å². The second-order valence-corrected chi connectivity index (χ2v) is 13.9. The summed E-state index contributed by atoms with van der Waals surface area (Å²) < 4.78 is 55.0. The van der Waals surface area contributed by atoms with Crippen LogP contribution in [0.5, 0.6) is 11.5 Å². The zero-order valence-corrected chi connectivity index (χ0v) is 29.0. The Morgan fingerprint density at radius 3 is 2.44 bits per heavy atom. The molecule has 13 heteroatoms. The molecule has 4 aromatic rings. The van der Waals surface area contributed by atoms with E-state index in [1.54, 1.807) is 45.2 Å². The number of nitrogens with one attached hydrogen (secondary N) is 2. The summed E-state index contributed by atoms with van der Waals surface area (Å²) in [5.74, 6) is 0.356. The minimum absolute atomic E-state index is 0.00241. The number of amides is 2. The number of pyridine rings is 1. The van der Waals surface area contributed by atoms with Gasteiger partial charge >= 0.3 is 12.3 Å². The van der Waals surface area contributed by atoms with Crippen molar-refractivity contribution in [3.8, 4) is 11.5 Å². The summed E-state index contributed by atoms with van der Waals surface area (Å²) in [4.78, 5) is 40.8. The van der Waals surface area contributed by atoms with E-state index in [1.165, 1.54) is 17.0 Å². The van der Waals surface area contributed by atoms with Crippen molar-refractivity contribution in [1.29, 1.82) is 0 Å².